The van der Waals surface area contributed by atoms with E-state index < -0.39 is 0 Å². The van der Waals surface area contributed by atoms with Crippen LogP contribution < -0.4 is 10.1 Å². The topological polar surface area (TPSA) is 44.8 Å². The lowest BCUT2D eigenvalue weighted by atomic mass is 10.0. The van der Waals surface area contributed by atoms with Gasteiger partial charge in [-0.05, 0) is 42.9 Å². The first-order valence-corrected chi connectivity index (χ1v) is 9.55. The van der Waals surface area contributed by atoms with Gasteiger partial charge in [-0.1, -0.05) is 29.8 Å². The Bertz CT molecular complexity index is 758. The van der Waals surface area contributed by atoms with Crippen molar-refractivity contribution in [3.63, 3.8) is 0 Å². The molecule has 0 bridgehead atoms. The van der Waals surface area contributed by atoms with Crippen LogP contribution in [0.25, 0.3) is 0 Å². The highest BCUT2D eigenvalue weighted by Crippen LogP contribution is 2.24. The van der Waals surface area contributed by atoms with E-state index in [2.05, 4.69) is 34.3 Å². The predicted molar refractivity (Wildman–Crippen MR) is 109 cm³/mol. The third kappa shape index (κ3) is 5.22. The van der Waals surface area contributed by atoms with Crippen molar-refractivity contribution < 1.29 is 9.53 Å². The Morgan fingerprint density at radius 3 is 2.48 bits per heavy atom. The molecule has 2 aromatic rings. The Labute approximate surface area is 165 Å². The summed E-state index contributed by atoms with van der Waals surface area (Å²) in [6.45, 7) is 4.53. The monoisotopic (exact) mass is 387 g/mol. The zero-order valence-corrected chi connectivity index (χ0v) is 16.6. The van der Waals surface area contributed by atoms with Gasteiger partial charge in [0.15, 0.2) is 0 Å². The molecular formula is C21H26ClN3O2. The molecule has 3 rings (SSSR count). The standard InChI is InChI=1S/C21H26ClN3O2/c1-24-10-12-25(13-11-24)20(16-6-8-19(27-2)9-7-16)15-23-21(26)17-4-3-5-18(22)14-17/h3-9,14,20H,10-13,15H2,1-2H3,(H,23,26)/t20-/m0/s1. The van der Waals surface area contributed by atoms with Crippen molar-refractivity contribution in [2.45, 2.75) is 6.04 Å². The first kappa shape index (κ1) is 19.7. The van der Waals surface area contributed by atoms with E-state index in [9.17, 15) is 4.79 Å². The van der Waals surface area contributed by atoms with Crippen LogP contribution in [-0.2, 0) is 0 Å². The van der Waals surface area contributed by atoms with Gasteiger partial charge < -0.3 is 15.0 Å². The molecule has 1 fully saturated rings. The number of carbonyl (C=O) groups excluding carboxylic acids is 1. The summed E-state index contributed by atoms with van der Waals surface area (Å²) in [6, 6.07) is 15.2. The quantitative estimate of drug-likeness (QED) is 0.827. The maximum absolute atomic E-state index is 12.6. The number of benzene rings is 2. The Balaban J connectivity index is 1.73. The normalized spacial score (nSPS) is 16.7. The molecule has 6 heteroatoms. The van der Waals surface area contributed by atoms with Crippen molar-refractivity contribution in [3.8, 4) is 5.75 Å². The number of hydrogen-bond acceptors (Lipinski definition) is 4. The average Bonchev–Trinajstić information content (AvgIpc) is 2.69. The second kappa shape index (κ2) is 9.22. The summed E-state index contributed by atoms with van der Waals surface area (Å²) in [6.07, 6.45) is 0. The minimum atomic E-state index is -0.106. The van der Waals surface area contributed by atoms with Crippen LogP contribution in [0.1, 0.15) is 22.0 Å². The molecule has 0 spiro atoms. The number of nitrogens with zero attached hydrogens (tertiary/aromatic N) is 2. The molecule has 1 heterocycles. The molecule has 5 nitrogen and oxygen atoms in total. The number of rotatable bonds is 6. The highest BCUT2D eigenvalue weighted by molar-refractivity contribution is 6.30. The maximum atomic E-state index is 12.6. The largest absolute Gasteiger partial charge is 0.497 e. The molecule has 1 aliphatic heterocycles. The van der Waals surface area contributed by atoms with Gasteiger partial charge in [-0.25, -0.2) is 0 Å². The SMILES string of the molecule is COc1ccc([C@H](CNC(=O)c2cccc(Cl)c2)N2CCN(C)CC2)cc1. The van der Waals surface area contributed by atoms with Gasteiger partial charge in [-0.3, -0.25) is 9.69 Å². The van der Waals surface area contributed by atoms with E-state index in [1.165, 1.54) is 5.56 Å². The summed E-state index contributed by atoms with van der Waals surface area (Å²) in [5.74, 6) is 0.726. The number of nitrogens with one attached hydrogen (secondary N) is 1. The fourth-order valence-electron chi connectivity index (χ4n) is 3.34. The molecule has 2 aromatic carbocycles. The van der Waals surface area contributed by atoms with Crippen molar-refractivity contribution in [2.75, 3.05) is 46.9 Å². The molecule has 0 radical (unpaired) electrons. The molecule has 1 saturated heterocycles. The molecular weight excluding hydrogens is 362 g/mol. The predicted octanol–water partition coefficient (Wildman–Crippen LogP) is 3.07. The lowest BCUT2D eigenvalue weighted by Gasteiger charge is -2.38. The number of piperazine rings is 1. The summed E-state index contributed by atoms with van der Waals surface area (Å²) in [4.78, 5) is 17.3. The number of carbonyl (C=O) groups is 1. The van der Waals surface area contributed by atoms with Crippen LogP contribution in [0.15, 0.2) is 48.5 Å². The van der Waals surface area contributed by atoms with Gasteiger partial charge >= 0.3 is 0 Å². The minimum absolute atomic E-state index is 0.106. The lowest BCUT2D eigenvalue weighted by molar-refractivity contribution is 0.0886. The van der Waals surface area contributed by atoms with Crippen molar-refractivity contribution in [1.82, 2.24) is 15.1 Å². The highest BCUT2D eigenvalue weighted by atomic mass is 35.5. The van der Waals surface area contributed by atoms with E-state index in [0.717, 1.165) is 31.9 Å². The molecule has 144 valence electrons. The van der Waals surface area contributed by atoms with Crippen LogP contribution in [0.5, 0.6) is 5.75 Å². The Morgan fingerprint density at radius 2 is 1.85 bits per heavy atom. The number of hydrogen-bond donors (Lipinski definition) is 1. The Hall–Kier alpha value is -2.08. The molecule has 1 aliphatic rings. The van der Waals surface area contributed by atoms with Crippen molar-refractivity contribution in [3.05, 3.63) is 64.7 Å². The van der Waals surface area contributed by atoms with Crippen LogP contribution in [0, 0.1) is 0 Å². The van der Waals surface area contributed by atoms with E-state index in [1.807, 2.05) is 12.1 Å². The maximum Gasteiger partial charge on any atom is 0.251 e. The number of amides is 1. The Kier molecular flexibility index (Phi) is 6.72. The Morgan fingerprint density at radius 1 is 1.15 bits per heavy atom. The van der Waals surface area contributed by atoms with Gasteiger partial charge in [-0.2, -0.15) is 0 Å². The fraction of sp³-hybridized carbons (Fsp3) is 0.381. The summed E-state index contributed by atoms with van der Waals surface area (Å²) in [5, 5.41) is 3.64. The second-order valence-electron chi connectivity index (χ2n) is 6.85. The van der Waals surface area contributed by atoms with Crippen LogP contribution in [0.2, 0.25) is 5.02 Å². The van der Waals surface area contributed by atoms with E-state index in [4.69, 9.17) is 16.3 Å². The molecule has 0 unspecified atom stereocenters. The lowest BCUT2D eigenvalue weighted by Crippen LogP contribution is -2.48. The smallest absolute Gasteiger partial charge is 0.251 e. The summed E-state index contributed by atoms with van der Waals surface area (Å²) in [7, 11) is 3.80. The van der Waals surface area contributed by atoms with Gasteiger partial charge in [-0.15, -0.1) is 0 Å². The molecule has 0 aliphatic carbocycles. The van der Waals surface area contributed by atoms with Crippen LogP contribution in [0.4, 0.5) is 0 Å². The van der Waals surface area contributed by atoms with Crippen molar-refractivity contribution in [1.29, 1.82) is 0 Å². The number of halogens is 1. The van der Waals surface area contributed by atoms with Gasteiger partial charge in [0.05, 0.1) is 13.2 Å². The molecule has 1 amide bonds. The minimum Gasteiger partial charge on any atom is -0.497 e. The van der Waals surface area contributed by atoms with E-state index >= 15 is 0 Å². The van der Waals surface area contributed by atoms with E-state index in [1.54, 1.807) is 31.4 Å². The van der Waals surface area contributed by atoms with Gasteiger partial charge in [0.25, 0.3) is 5.91 Å². The molecule has 0 aromatic heterocycles. The average molecular weight is 388 g/mol. The molecule has 27 heavy (non-hydrogen) atoms. The zero-order valence-electron chi connectivity index (χ0n) is 15.8. The summed E-state index contributed by atoms with van der Waals surface area (Å²) in [5.41, 5.74) is 1.75. The summed E-state index contributed by atoms with van der Waals surface area (Å²) >= 11 is 6.01. The van der Waals surface area contributed by atoms with Crippen molar-refractivity contribution in [2.24, 2.45) is 0 Å². The van der Waals surface area contributed by atoms with Gasteiger partial charge in [0.1, 0.15) is 5.75 Å². The number of methoxy groups -OCH3 is 1. The first-order chi connectivity index (χ1) is 13.1. The number of ether oxygens (including phenoxy) is 1. The van der Waals surface area contributed by atoms with Crippen LogP contribution in [-0.4, -0.2) is 62.6 Å². The molecule has 1 atom stereocenters. The van der Waals surface area contributed by atoms with Crippen molar-refractivity contribution >= 4 is 17.5 Å². The first-order valence-electron chi connectivity index (χ1n) is 9.17. The molecule has 0 saturated carbocycles. The van der Waals surface area contributed by atoms with E-state index in [-0.39, 0.29) is 11.9 Å². The van der Waals surface area contributed by atoms with Gasteiger partial charge in [0, 0.05) is 43.3 Å². The van der Waals surface area contributed by atoms with Crippen LogP contribution in [0.3, 0.4) is 0 Å². The fourth-order valence-corrected chi connectivity index (χ4v) is 3.53. The van der Waals surface area contributed by atoms with E-state index in [0.29, 0.717) is 17.1 Å². The highest BCUT2D eigenvalue weighted by Gasteiger charge is 2.24. The molecule has 1 N–H and O–H groups in total. The van der Waals surface area contributed by atoms with Crippen LogP contribution >= 0.6 is 11.6 Å². The third-order valence-corrected chi connectivity index (χ3v) is 5.26. The third-order valence-electron chi connectivity index (χ3n) is 5.02. The summed E-state index contributed by atoms with van der Waals surface area (Å²) < 4.78 is 5.27. The van der Waals surface area contributed by atoms with Gasteiger partial charge in [0.2, 0.25) is 0 Å². The second-order valence-corrected chi connectivity index (χ2v) is 7.29. The zero-order chi connectivity index (χ0) is 19.2. The number of likely N-dealkylation sites (N-methyl/N-ethyl adjacent to an activating group) is 1.